The Morgan fingerprint density at radius 1 is 1.20 bits per heavy atom. The maximum atomic E-state index is 13.0. The number of hydrogen-bond donors (Lipinski definition) is 2. The topological polar surface area (TPSA) is 66.4 Å². The smallest absolute Gasteiger partial charge is 0.312 e. The van der Waals surface area contributed by atoms with E-state index in [1.807, 2.05) is 0 Å². The number of carboxylic acid groups (broad SMARTS) is 1. The van der Waals surface area contributed by atoms with Crippen molar-refractivity contribution in [2.24, 2.45) is 0 Å². The van der Waals surface area contributed by atoms with Crippen LogP contribution < -0.4 is 5.32 Å². The number of halogens is 2. The minimum absolute atomic E-state index is 0.0935. The van der Waals surface area contributed by atoms with E-state index >= 15 is 0 Å². The van der Waals surface area contributed by atoms with Crippen LogP contribution in [-0.4, -0.2) is 23.5 Å². The number of benzene rings is 2. The van der Waals surface area contributed by atoms with Crippen molar-refractivity contribution in [2.45, 2.75) is 25.2 Å². The monoisotopic (exact) mass is 363 g/mol. The molecule has 0 saturated carbocycles. The molecule has 132 valence electrons. The Morgan fingerprint density at radius 2 is 1.84 bits per heavy atom. The van der Waals surface area contributed by atoms with Gasteiger partial charge in [0.15, 0.2) is 0 Å². The summed E-state index contributed by atoms with van der Waals surface area (Å²) in [4.78, 5) is 24.1. The molecule has 0 spiro atoms. The van der Waals surface area contributed by atoms with Crippen LogP contribution in [0.25, 0.3) is 0 Å². The van der Waals surface area contributed by atoms with Gasteiger partial charge in [-0.25, -0.2) is 4.39 Å². The molecule has 0 heterocycles. The van der Waals surface area contributed by atoms with Gasteiger partial charge in [0.1, 0.15) is 5.82 Å². The van der Waals surface area contributed by atoms with Crippen molar-refractivity contribution in [1.29, 1.82) is 0 Å². The van der Waals surface area contributed by atoms with Crippen molar-refractivity contribution in [2.75, 3.05) is 6.54 Å². The SMILES string of the molecule is CC(C)(C(=O)NCC(C(=O)O)c1ccc(F)cc1)c1cccc(Cl)c1. The minimum atomic E-state index is -1.09. The first-order chi connectivity index (χ1) is 11.7. The van der Waals surface area contributed by atoms with Crippen molar-refractivity contribution in [3.8, 4) is 0 Å². The second kappa shape index (κ2) is 7.66. The second-order valence-electron chi connectivity index (χ2n) is 6.29. The normalized spacial score (nSPS) is 12.5. The van der Waals surface area contributed by atoms with Crippen LogP contribution in [0, 0.1) is 5.82 Å². The Bertz CT molecular complexity index is 774. The third-order valence-corrected chi connectivity index (χ3v) is 4.39. The van der Waals surface area contributed by atoms with E-state index in [0.717, 1.165) is 5.56 Å². The molecule has 0 aliphatic heterocycles. The fourth-order valence-electron chi connectivity index (χ4n) is 2.47. The van der Waals surface area contributed by atoms with Gasteiger partial charge in [0.2, 0.25) is 5.91 Å². The molecule has 0 aliphatic rings. The summed E-state index contributed by atoms with van der Waals surface area (Å²) in [5.41, 5.74) is 0.275. The maximum absolute atomic E-state index is 13.0. The lowest BCUT2D eigenvalue weighted by Gasteiger charge is -2.25. The number of carboxylic acids is 1. The highest BCUT2D eigenvalue weighted by atomic mass is 35.5. The Labute approximate surface area is 150 Å². The van der Waals surface area contributed by atoms with Crippen LogP contribution in [0.5, 0.6) is 0 Å². The van der Waals surface area contributed by atoms with Crippen molar-refractivity contribution < 1.29 is 19.1 Å². The molecule has 0 aromatic heterocycles. The van der Waals surface area contributed by atoms with Gasteiger partial charge in [0.05, 0.1) is 11.3 Å². The molecule has 0 saturated heterocycles. The van der Waals surface area contributed by atoms with Gasteiger partial charge in [-0.1, -0.05) is 35.9 Å². The molecule has 1 amide bonds. The first-order valence-corrected chi connectivity index (χ1v) is 8.12. The lowest BCUT2D eigenvalue weighted by molar-refractivity contribution is -0.138. The molecule has 2 rings (SSSR count). The van der Waals surface area contributed by atoms with Crippen molar-refractivity contribution >= 4 is 23.5 Å². The van der Waals surface area contributed by atoms with Gasteiger partial charge in [0, 0.05) is 11.6 Å². The van der Waals surface area contributed by atoms with E-state index in [9.17, 15) is 19.1 Å². The highest BCUT2D eigenvalue weighted by molar-refractivity contribution is 6.30. The predicted molar refractivity (Wildman–Crippen MR) is 94.3 cm³/mol. The summed E-state index contributed by atoms with van der Waals surface area (Å²) in [5, 5.41) is 12.6. The third kappa shape index (κ3) is 4.57. The van der Waals surface area contributed by atoms with Crippen LogP contribution in [0.4, 0.5) is 4.39 Å². The standard InChI is InChI=1S/C19H19ClFNO3/c1-19(2,13-4-3-5-14(20)10-13)18(25)22-11-16(17(23)24)12-6-8-15(21)9-7-12/h3-10,16H,11H2,1-2H3,(H,22,25)(H,23,24). The van der Waals surface area contributed by atoms with E-state index in [4.69, 9.17) is 11.6 Å². The number of carbonyl (C=O) groups is 2. The molecular formula is C19H19ClFNO3. The summed E-state index contributed by atoms with van der Waals surface area (Å²) in [6.07, 6.45) is 0. The predicted octanol–water partition coefficient (Wildman–Crippen LogP) is 3.74. The number of rotatable bonds is 6. The van der Waals surface area contributed by atoms with Crippen molar-refractivity contribution in [3.63, 3.8) is 0 Å². The average Bonchev–Trinajstić information content (AvgIpc) is 2.56. The average molecular weight is 364 g/mol. The molecule has 0 fully saturated rings. The summed E-state index contributed by atoms with van der Waals surface area (Å²) >= 11 is 5.98. The van der Waals surface area contributed by atoms with Gasteiger partial charge < -0.3 is 10.4 Å². The fraction of sp³-hybridized carbons (Fsp3) is 0.263. The fourth-order valence-corrected chi connectivity index (χ4v) is 2.66. The number of nitrogens with one attached hydrogen (secondary N) is 1. The van der Waals surface area contributed by atoms with Gasteiger partial charge in [-0.05, 0) is 49.2 Å². The van der Waals surface area contributed by atoms with Gasteiger partial charge in [-0.2, -0.15) is 0 Å². The molecule has 1 atom stereocenters. The molecule has 0 bridgehead atoms. The lowest BCUT2D eigenvalue weighted by Crippen LogP contribution is -2.42. The molecule has 1 unspecified atom stereocenters. The summed E-state index contributed by atoms with van der Waals surface area (Å²) < 4.78 is 13.0. The van der Waals surface area contributed by atoms with Crippen LogP contribution in [0.15, 0.2) is 48.5 Å². The summed E-state index contributed by atoms with van der Waals surface area (Å²) in [6.45, 7) is 3.38. The van der Waals surface area contributed by atoms with Crippen LogP contribution in [0.2, 0.25) is 5.02 Å². The van der Waals surface area contributed by atoms with Crippen molar-refractivity contribution in [3.05, 3.63) is 70.5 Å². The summed E-state index contributed by atoms with van der Waals surface area (Å²) in [6, 6.07) is 12.2. The van der Waals surface area contributed by atoms with E-state index in [1.54, 1.807) is 38.1 Å². The Hall–Kier alpha value is -2.40. The van der Waals surface area contributed by atoms with Crippen LogP contribution in [0.3, 0.4) is 0 Å². The molecule has 6 heteroatoms. The zero-order chi connectivity index (χ0) is 18.6. The first-order valence-electron chi connectivity index (χ1n) is 7.74. The quantitative estimate of drug-likeness (QED) is 0.821. The summed E-state index contributed by atoms with van der Waals surface area (Å²) in [5.74, 6) is -2.81. The zero-order valence-electron chi connectivity index (χ0n) is 13.9. The van der Waals surface area contributed by atoms with Crippen LogP contribution in [0.1, 0.15) is 30.9 Å². The number of hydrogen-bond acceptors (Lipinski definition) is 2. The van der Waals surface area contributed by atoms with E-state index in [0.29, 0.717) is 10.6 Å². The van der Waals surface area contributed by atoms with Crippen LogP contribution >= 0.6 is 11.6 Å². The number of amides is 1. The molecule has 0 aliphatic carbocycles. The van der Waals surface area contributed by atoms with E-state index < -0.39 is 23.1 Å². The zero-order valence-corrected chi connectivity index (χ0v) is 14.7. The van der Waals surface area contributed by atoms with E-state index in [2.05, 4.69) is 5.32 Å². The summed E-state index contributed by atoms with van der Waals surface area (Å²) in [7, 11) is 0. The highest BCUT2D eigenvalue weighted by Crippen LogP contribution is 2.26. The molecule has 0 radical (unpaired) electrons. The minimum Gasteiger partial charge on any atom is -0.481 e. The van der Waals surface area contributed by atoms with Gasteiger partial charge in [-0.15, -0.1) is 0 Å². The third-order valence-electron chi connectivity index (χ3n) is 4.15. The van der Waals surface area contributed by atoms with E-state index in [1.165, 1.54) is 24.3 Å². The lowest BCUT2D eigenvalue weighted by atomic mass is 9.83. The number of carbonyl (C=O) groups excluding carboxylic acids is 1. The highest BCUT2D eigenvalue weighted by Gasteiger charge is 2.31. The number of aliphatic carboxylic acids is 1. The molecule has 2 aromatic rings. The molecule has 25 heavy (non-hydrogen) atoms. The first kappa shape index (κ1) is 18.9. The van der Waals surface area contributed by atoms with E-state index in [-0.39, 0.29) is 12.5 Å². The Balaban J connectivity index is 2.13. The van der Waals surface area contributed by atoms with Gasteiger partial charge in [-0.3, -0.25) is 9.59 Å². The van der Waals surface area contributed by atoms with Crippen molar-refractivity contribution in [1.82, 2.24) is 5.32 Å². The van der Waals surface area contributed by atoms with Gasteiger partial charge >= 0.3 is 5.97 Å². The largest absolute Gasteiger partial charge is 0.481 e. The second-order valence-corrected chi connectivity index (χ2v) is 6.72. The Morgan fingerprint density at radius 3 is 2.40 bits per heavy atom. The molecule has 2 N–H and O–H groups in total. The Kier molecular flexibility index (Phi) is 5.80. The van der Waals surface area contributed by atoms with Gasteiger partial charge in [0.25, 0.3) is 0 Å². The molecular weight excluding hydrogens is 345 g/mol. The molecule has 4 nitrogen and oxygen atoms in total. The maximum Gasteiger partial charge on any atom is 0.312 e. The molecule has 2 aromatic carbocycles. The van der Waals surface area contributed by atoms with Crippen LogP contribution in [-0.2, 0) is 15.0 Å².